The number of amides is 1. The van der Waals surface area contributed by atoms with Crippen molar-refractivity contribution in [2.75, 3.05) is 24.5 Å². The van der Waals surface area contributed by atoms with Crippen LogP contribution in [0.15, 0.2) is 72.8 Å². The van der Waals surface area contributed by atoms with Gasteiger partial charge >= 0.3 is 23.9 Å². The lowest BCUT2D eigenvalue weighted by Crippen LogP contribution is -2.54. The van der Waals surface area contributed by atoms with Crippen molar-refractivity contribution in [1.29, 1.82) is 0 Å². The first kappa shape index (κ1) is 29.0. The maximum absolute atomic E-state index is 13.7. The molecule has 3 heterocycles. The number of carbonyl (C=O) groups excluding carboxylic acids is 3. The number of hydrogen-bond acceptors (Lipinski definition) is 8. The van der Waals surface area contributed by atoms with E-state index in [1.807, 2.05) is 0 Å². The number of hydrogen-bond donors (Lipinski definition) is 1. The third kappa shape index (κ3) is 5.21. The number of ether oxygens (including phenoxy) is 3. The maximum atomic E-state index is 13.7. The predicted octanol–water partition coefficient (Wildman–Crippen LogP) is 4.74. The number of nitrogens with zero attached hydrogens (tertiary/aromatic N) is 2. The van der Waals surface area contributed by atoms with E-state index in [0.717, 1.165) is 4.90 Å². The summed E-state index contributed by atoms with van der Waals surface area (Å²) >= 11 is 6.11. The van der Waals surface area contributed by atoms with Crippen molar-refractivity contribution in [2.45, 2.75) is 36.9 Å². The number of anilines is 1. The van der Waals surface area contributed by atoms with Gasteiger partial charge in [-0.3, -0.25) is 0 Å². The summed E-state index contributed by atoms with van der Waals surface area (Å²) in [4.78, 5) is 40.3. The Morgan fingerprint density at radius 1 is 0.884 bits per heavy atom. The van der Waals surface area contributed by atoms with E-state index in [-0.39, 0.29) is 18.0 Å². The van der Waals surface area contributed by atoms with Crippen molar-refractivity contribution in [3.05, 3.63) is 101 Å². The van der Waals surface area contributed by atoms with Gasteiger partial charge in [0.2, 0.25) is 6.10 Å². The van der Waals surface area contributed by atoms with Crippen LogP contribution < -0.4 is 4.90 Å². The summed E-state index contributed by atoms with van der Waals surface area (Å²) in [5.41, 5.74) is -0.249. The summed E-state index contributed by atoms with van der Waals surface area (Å²) in [6.45, 7) is 1.47. The van der Waals surface area contributed by atoms with Crippen molar-refractivity contribution in [1.82, 2.24) is 4.90 Å². The van der Waals surface area contributed by atoms with Gasteiger partial charge in [0, 0.05) is 18.0 Å². The van der Waals surface area contributed by atoms with E-state index >= 15 is 0 Å². The van der Waals surface area contributed by atoms with Gasteiger partial charge in [0.1, 0.15) is 17.2 Å². The number of esters is 2. The second-order valence-electron chi connectivity index (χ2n) is 10.8. The maximum Gasteiger partial charge on any atom is 0.422 e. The largest absolute Gasteiger partial charge is 0.435 e. The molecule has 3 aliphatic rings. The van der Waals surface area contributed by atoms with Crippen LogP contribution in [0.3, 0.4) is 0 Å². The molecule has 3 aromatic carbocycles. The van der Waals surface area contributed by atoms with Crippen LogP contribution in [0, 0.1) is 17.6 Å². The molecule has 1 amide bonds. The minimum Gasteiger partial charge on any atom is -0.435 e. The fourth-order valence-electron chi connectivity index (χ4n) is 6.17. The molecule has 3 aromatic rings. The average molecular weight is 613 g/mol. The molecule has 12 heteroatoms. The zero-order valence-corrected chi connectivity index (χ0v) is 23.5. The van der Waals surface area contributed by atoms with Crippen molar-refractivity contribution in [3.8, 4) is 0 Å². The number of cyclic esters (lactones) is 1. The Morgan fingerprint density at radius 3 is 1.98 bits per heavy atom. The van der Waals surface area contributed by atoms with Gasteiger partial charge in [-0.15, -0.1) is 0 Å². The Morgan fingerprint density at radius 2 is 1.44 bits per heavy atom. The van der Waals surface area contributed by atoms with Gasteiger partial charge < -0.3 is 24.2 Å². The zero-order valence-electron chi connectivity index (χ0n) is 22.8. The highest BCUT2D eigenvalue weighted by Crippen LogP contribution is 2.44. The first-order chi connectivity index (χ1) is 20.6. The summed E-state index contributed by atoms with van der Waals surface area (Å²) in [5, 5.41) is 12.4. The highest BCUT2D eigenvalue weighted by Gasteiger charge is 2.67. The highest BCUT2D eigenvalue weighted by molar-refractivity contribution is 6.32. The molecule has 6 rings (SSSR count). The Kier molecular flexibility index (Phi) is 7.57. The summed E-state index contributed by atoms with van der Waals surface area (Å²) in [6.07, 6.45) is -0.743. The van der Waals surface area contributed by atoms with Crippen LogP contribution in [0.25, 0.3) is 0 Å². The minimum absolute atomic E-state index is 0.161. The van der Waals surface area contributed by atoms with Crippen molar-refractivity contribution in [3.63, 3.8) is 0 Å². The summed E-state index contributed by atoms with van der Waals surface area (Å²) in [7, 11) is 0. The van der Waals surface area contributed by atoms with Gasteiger partial charge in [-0.2, -0.15) is 4.90 Å². The number of aliphatic hydroxyl groups is 1. The zero-order chi connectivity index (χ0) is 30.4. The summed E-state index contributed by atoms with van der Waals surface area (Å²) in [5.74, 6) is -5.73. The van der Waals surface area contributed by atoms with Crippen molar-refractivity contribution in [2.24, 2.45) is 5.92 Å². The lowest BCUT2D eigenvalue weighted by Gasteiger charge is -2.42. The minimum atomic E-state index is -2.11. The lowest BCUT2D eigenvalue weighted by atomic mass is 9.72. The van der Waals surface area contributed by atoms with Crippen LogP contribution >= 0.6 is 11.6 Å². The SMILES string of the molecule is O=C1OC2(OC1=O)C(CCN1CCC(C(O)(c3ccc(F)cc3)c3ccc(F)cc3)CC1)OC(=O)N2c1cccc(Cl)c1. The van der Waals surface area contributed by atoms with Crippen LogP contribution in [0.2, 0.25) is 5.02 Å². The quantitative estimate of drug-likeness (QED) is 0.302. The molecule has 0 saturated carbocycles. The van der Waals surface area contributed by atoms with E-state index in [2.05, 4.69) is 4.90 Å². The Bertz CT molecular complexity index is 1480. The van der Waals surface area contributed by atoms with Gasteiger partial charge in [0.25, 0.3) is 0 Å². The lowest BCUT2D eigenvalue weighted by molar-refractivity contribution is -0.197. The van der Waals surface area contributed by atoms with Crippen LogP contribution in [-0.4, -0.2) is 59.7 Å². The molecule has 1 atom stereocenters. The van der Waals surface area contributed by atoms with Crippen LogP contribution in [0.1, 0.15) is 30.4 Å². The molecule has 9 nitrogen and oxygen atoms in total. The smallest absolute Gasteiger partial charge is 0.422 e. The first-order valence-corrected chi connectivity index (χ1v) is 14.2. The summed E-state index contributed by atoms with van der Waals surface area (Å²) in [6, 6.07) is 17.5. The van der Waals surface area contributed by atoms with E-state index in [4.69, 9.17) is 25.8 Å². The van der Waals surface area contributed by atoms with Gasteiger partial charge in [-0.1, -0.05) is 41.9 Å². The fraction of sp³-hybridized carbons (Fsp3) is 0.323. The molecule has 1 N–H and O–H groups in total. The molecule has 0 aliphatic carbocycles. The number of benzene rings is 3. The molecular weight excluding hydrogens is 586 g/mol. The number of halogens is 3. The van der Waals surface area contributed by atoms with E-state index in [0.29, 0.717) is 48.6 Å². The molecule has 0 aromatic heterocycles. The second-order valence-corrected chi connectivity index (χ2v) is 11.2. The Balaban J connectivity index is 1.18. The third-order valence-electron chi connectivity index (χ3n) is 8.31. The average Bonchev–Trinajstić information content (AvgIpc) is 3.44. The fourth-order valence-corrected chi connectivity index (χ4v) is 6.36. The van der Waals surface area contributed by atoms with E-state index in [1.54, 1.807) is 18.2 Å². The topological polar surface area (TPSA) is 106 Å². The molecule has 224 valence electrons. The summed E-state index contributed by atoms with van der Waals surface area (Å²) < 4.78 is 43.7. The van der Waals surface area contributed by atoms with Gasteiger partial charge in [-0.05, 0) is 85.4 Å². The van der Waals surface area contributed by atoms with E-state index in [9.17, 15) is 28.3 Å². The van der Waals surface area contributed by atoms with Crippen molar-refractivity contribution < 1.29 is 42.5 Å². The van der Waals surface area contributed by atoms with Gasteiger partial charge in [0.15, 0.2) is 0 Å². The van der Waals surface area contributed by atoms with Gasteiger partial charge in [0.05, 0.1) is 5.69 Å². The first-order valence-electron chi connectivity index (χ1n) is 13.8. The number of rotatable bonds is 7. The Labute approximate surface area is 250 Å². The Hall–Kier alpha value is -4.06. The van der Waals surface area contributed by atoms with Crippen molar-refractivity contribution >= 4 is 35.3 Å². The normalized spacial score (nSPS) is 20.8. The van der Waals surface area contributed by atoms with Crippen LogP contribution in [-0.2, 0) is 29.4 Å². The monoisotopic (exact) mass is 612 g/mol. The molecule has 0 bridgehead atoms. The number of carbonyl (C=O) groups is 3. The predicted molar refractivity (Wildman–Crippen MR) is 149 cm³/mol. The molecule has 3 fully saturated rings. The molecule has 0 radical (unpaired) electrons. The standard InChI is InChI=1S/C31H27ClF2N2O7/c32-22-2-1-3-25(18-22)36-29(39)41-26(31(36)42-27(37)28(38)43-31)14-17-35-15-12-21(13-16-35)30(40,19-4-8-23(33)9-5-19)20-6-10-24(34)11-7-20/h1-11,18,21,26,40H,12-17H2. The molecule has 1 unspecified atom stereocenters. The van der Waals surface area contributed by atoms with E-state index in [1.165, 1.54) is 54.6 Å². The third-order valence-corrected chi connectivity index (χ3v) is 8.54. The van der Waals surface area contributed by atoms with E-state index < -0.39 is 47.3 Å². The molecular formula is C31H27ClF2N2O7. The number of likely N-dealkylation sites (tertiary alicyclic amines) is 1. The van der Waals surface area contributed by atoms with Crippen LogP contribution in [0.5, 0.6) is 0 Å². The molecule has 3 aliphatic heterocycles. The highest BCUT2D eigenvalue weighted by atomic mass is 35.5. The number of piperidine rings is 1. The van der Waals surface area contributed by atoms with Crippen LogP contribution in [0.4, 0.5) is 19.3 Å². The molecule has 3 saturated heterocycles. The molecule has 43 heavy (non-hydrogen) atoms. The second kappa shape index (κ2) is 11.2. The van der Waals surface area contributed by atoms with Gasteiger partial charge in [-0.25, -0.2) is 23.2 Å². The molecule has 1 spiro atoms.